The van der Waals surface area contributed by atoms with Crippen molar-refractivity contribution in [2.45, 2.75) is 0 Å². The molecule has 1 aromatic carbocycles. The first kappa shape index (κ1) is 11.4. The number of nitrogen functional groups attached to an aromatic ring is 1. The Morgan fingerprint density at radius 1 is 1.35 bits per heavy atom. The molecule has 1 aromatic heterocycles. The fourth-order valence-corrected chi connectivity index (χ4v) is 1.60. The van der Waals surface area contributed by atoms with Crippen LogP contribution in [-0.2, 0) is 0 Å². The Labute approximate surface area is 107 Å². The first-order valence-electron chi connectivity index (χ1n) is 4.78. The molecule has 0 spiro atoms. The summed E-state index contributed by atoms with van der Waals surface area (Å²) >= 11 is 3.33. The van der Waals surface area contributed by atoms with Crippen LogP contribution >= 0.6 is 15.9 Å². The van der Waals surface area contributed by atoms with Gasteiger partial charge in [0.2, 0.25) is 5.88 Å². The van der Waals surface area contributed by atoms with Gasteiger partial charge in [-0.25, -0.2) is 4.98 Å². The molecule has 0 atom stereocenters. The third-order valence-corrected chi connectivity index (χ3v) is 2.92. The van der Waals surface area contributed by atoms with Crippen LogP contribution in [0.1, 0.15) is 5.56 Å². The second-order valence-electron chi connectivity index (χ2n) is 3.26. The molecule has 1 heterocycles. The average Bonchev–Trinajstić information content (AvgIpc) is 2.35. The van der Waals surface area contributed by atoms with Gasteiger partial charge >= 0.3 is 0 Å². The lowest BCUT2D eigenvalue weighted by molar-refractivity contribution is 0.460. The van der Waals surface area contributed by atoms with Crippen molar-refractivity contribution in [3.8, 4) is 17.7 Å². The molecule has 0 aliphatic heterocycles. The quantitative estimate of drug-likeness (QED) is 0.863. The summed E-state index contributed by atoms with van der Waals surface area (Å²) in [7, 11) is 0. The third kappa shape index (κ3) is 2.55. The Balaban J connectivity index is 2.32. The molecule has 0 saturated carbocycles. The molecule has 0 unspecified atom stereocenters. The minimum Gasteiger partial charge on any atom is -0.438 e. The summed E-state index contributed by atoms with van der Waals surface area (Å²) < 4.78 is 6.21. The Kier molecular flexibility index (Phi) is 3.26. The zero-order valence-corrected chi connectivity index (χ0v) is 10.3. The number of hydrogen-bond acceptors (Lipinski definition) is 4. The average molecular weight is 290 g/mol. The van der Waals surface area contributed by atoms with Crippen LogP contribution in [0.3, 0.4) is 0 Å². The molecule has 0 radical (unpaired) electrons. The van der Waals surface area contributed by atoms with Crippen LogP contribution in [-0.4, -0.2) is 4.98 Å². The van der Waals surface area contributed by atoms with Gasteiger partial charge in [0.25, 0.3) is 0 Å². The number of ether oxygens (including phenoxy) is 1. The Bertz CT molecular complexity index is 593. The summed E-state index contributed by atoms with van der Waals surface area (Å²) in [5, 5.41) is 8.76. The molecule has 2 N–H and O–H groups in total. The number of nitrogens with two attached hydrogens (primary N) is 1. The van der Waals surface area contributed by atoms with Crippen LogP contribution in [0.25, 0.3) is 0 Å². The van der Waals surface area contributed by atoms with Crippen molar-refractivity contribution in [3.05, 3.63) is 46.6 Å². The lowest BCUT2D eigenvalue weighted by Crippen LogP contribution is -1.92. The van der Waals surface area contributed by atoms with Gasteiger partial charge in [-0.15, -0.1) is 0 Å². The number of hydrogen-bond donors (Lipinski definition) is 1. The molecule has 0 aliphatic carbocycles. The molecule has 0 fully saturated rings. The molecular weight excluding hydrogens is 282 g/mol. The zero-order valence-electron chi connectivity index (χ0n) is 8.72. The first-order valence-corrected chi connectivity index (χ1v) is 5.58. The lowest BCUT2D eigenvalue weighted by atomic mass is 10.3. The van der Waals surface area contributed by atoms with E-state index in [0.717, 1.165) is 0 Å². The predicted molar refractivity (Wildman–Crippen MR) is 67.6 cm³/mol. The Morgan fingerprint density at radius 3 is 2.94 bits per heavy atom. The highest BCUT2D eigenvalue weighted by Crippen LogP contribution is 2.33. The molecule has 4 nitrogen and oxygen atoms in total. The number of pyridine rings is 1. The molecular formula is C12H8BrN3O. The van der Waals surface area contributed by atoms with Gasteiger partial charge in [0, 0.05) is 18.0 Å². The van der Waals surface area contributed by atoms with Gasteiger partial charge in [0.1, 0.15) is 5.75 Å². The normalized spacial score (nSPS) is 9.65. The minimum atomic E-state index is 0.357. The number of aromatic nitrogens is 1. The second-order valence-corrected chi connectivity index (χ2v) is 4.05. The van der Waals surface area contributed by atoms with Crippen molar-refractivity contribution < 1.29 is 4.74 Å². The van der Waals surface area contributed by atoms with E-state index in [1.807, 2.05) is 6.07 Å². The summed E-state index contributed by atoms with van der Waals surface area (Å²) in [5.74, 6) is 0.919. The molecule has 2 aromatic rings. The third-order valence-electron chi connectivity index (χ3n) is 2.07. The Hall–Kier alpha value is -2.06. The van der Waals surface area contributed by atoms with Crippen molar-refractivity contribution in [1.82, 2.24) is 4.98 Å². The molecule has 17 heavy (non-hydrogen) atoms. The largest absolute Gasteiger partial charge is 0.438 e. The molecule has 0 aliphatic rings. The van der Waals surface area contributed by atoms with E-state index in [1.165, 1.54) is 6.20 Å². The summed E-state index contributed by atoms with van der Waals surface area (Å²) in [6.07, 6.45) is 1.52. The molecule has 0 bridgehead atoms. The maximum Gasteiger partial charge on any atom is 0.220 e. The first-order chi connectivity index (χ1) is 8.20. The van der Waals surface area contributed by atoms with Crippen molar-refractivity contribution in [2.24, 2.45) is 0 Å². The van der Waals surface area contributed by atoms with E-state index in [4.69, 9.17) is 15.7 Å². The van der Waals surface area contributed by atoms with Crippen LogP contribution in [0.2, 0.25) is 0 Å². The number of halogens is 1. The van der Waals surface area contributed by atoms with Gasteiger partial charge in [-0.05, 0) is 34.1 Å². The maximum atomic E-state index is 8.76. The second kappa shape index (κ2) is 4.85. The number of nitrogens with zero attached hydrogens (tertiary/aromatic N) is 2. The summed E-state index contributed by atoms with van der Waals surface area (Å²) in [6.45, 7) is 0. The highest BCUT2D eigenvalue weighted by atomic mass is 79.9. The van der Waals surface area contributed by atoms with Gasteiger partial charge in [-0.1, -0.05) is 6.07 Å². The lowest BCUT2D eigenvalue weighted by Gasteiger charge is -2.08. The number of anilines is 1. The van der Waals surface area contributed by atoms with Crippen molar-refractivity contribution >= 4 is 21.6 Å². The monoisotopic (exact) mass is 289 g/mol. The summed E-state index contributed by atoms with van der Waals surface area (Å²) in [6, 6.07) is 10.5. The SMILES string of the molecule is N#Cc1ccnc(Oc2cccc(N)c2Br)c1. The van der Waals surface area contributed by atoms with Crippen LogP contribution in [0, 0.1) is 11.3 Å². The smallest absolute Gasteiger partial charge is 0.220 e. The molecule has 84 valence electrons. The van der Waals surface area contributed by atoms with Gasteiger partial charge in [-0.3, -0.25) is 0 Å². The van der Waals surface area contributed by atoms with E-state index in [1.54, 1.807) is 30.3 Å². The number of benzene rings is 1. The van der Waals surface area contributed by atoms with Gasteiger partial charge in [-0.2, -0.15) is 5.26 Å². The fourth-order valence-electron chi connectivity index (χ4n) is 1.25. The van der Waals surface area contributed by atoms with Crippen LogP contribution in [0.5, 0.6) is 11.6 Å². The van der Waals surface area contributed by atoms with Crippen molar-refractivity contribution in [2.75, 3.05) is 5.73 Å². The fraction of sp³-hybridized carbons (Fsp3) is 0. The van der Waals surface area contributed by atoms with E-state index in [-0.39, 0.29) is 0 Å². The minimum absolute atomic E-state index is 0.357. The van der Waals surface area contributed by atoms with Crippen LogP contribution in [0.15, 0.2) is 41.0 Å². The molecule has 0 saturated heterocycles. The van der Waals surface area contributed by atoms with Gasteiger partial charge < -0.3 is 10.5 Å². The number of nitriles is 1. The topological polar surface area (TPSA) is 71.9 Å². The zero-order chi connectivity index (χ0) is 12.3. The standard InChI is InChI=1S/C12H8BrN3O/c13-12-9(15)2-1-3-10(12)17-11-6-8(7-14)4-5-16-11/h1-6H,15H2. The molecule has 0 amide bonds. The summed E-state index contributed by atoms with van der Waals surface area (Å²) in [4.78, 5) is 4.02. The van der Waals surface area contributed by atoms with E-state index in [2.05, 4.69) is 20.9 Å². The van der Waals surface area contributed by atoms with E-state index >= 15 is 0 Å². The van der Waals surface area contributed by atoms with Gasteiger partial charge in [0.05, 0.1) is 16.1 Å². The maximum absolute atomic E-state index is 8.76. The molecule has 2 rings (SSSR count). The Morgan fingerprint density at radius 2 is 2.18 bits per heavy atom. The number of rotatable bonds is 2. The highest BCUT2D eigenvalue weighted by Gasteiger charge is 2.06. The van der Waals surface area contributed by atoms with E-state index < -0.39 is 0 Å². The summed E-state index contributed by atoms with van der Waals surface area (Å²) in [5.41, 5.74) is 6.81. The van der Waals surface area contributed by atoms with E-state index in [9.17, 15) is 0 Å². The highest BCUT2D eigenvalue weighted by molar-refractivity contribution is 9.10. The van der Waals surface area contributed by atoms with Crippen LogP contribution in [0.4, 0.5) is 5.69 Å². The van der Waals surface area contributed by atoms with E-state index in [0.29, 0.717) is 27.4 Å². The predicted octanol–water partition coefficient (Wildman–Crippen LogP) is 3.09. The van der Waals surface area contributed by atoms with Crippen molar-refractivity contribution in [3.63, 3.8) is 0 Å². The van der Waals surface area contributed by atoms with Gasteiger partial charge in [0.15, 0.2) is 0 Å². The van der Waals surface area contributed by atoms with Crippen LogP contribution < -0.4 is 10.5 Å². The van der Waals surface area contributed by atoms with Crippen molar-refractivity contribution in [1.29, 1.82) is 5.26 Å². The molecule has 5 heteroatoms.